The maximum absolute atomic E-state index is 12.5. The van der Waals surface area contributed by atoms with Gasteiger partial charge >= 0.3 is 5.97 Å². The van der Waals surface area contributed by atoms with Crippen molar-refractivity contribution in [3.63, 3.8) is 0 Å². The average molecular weight is 376 g/mol. The van der Waals surface area contributed by atoms with Crippen LogP contribution in [0, 0.1) is 28.6 Å². The van der Waals surface area contributed by atoms with E-state index in [1.807, 2.05) is 13.0 Å². The molecule has 4 aliphatic carbocycles. The highest BCUT2D eigenvalue weighted by Gasteiger charge is 2.68. The van der Waals surface area contributed by atoms with E-state index in [0.717, 1.165) is 19.3 Å². The lowest BCUT2D eigenvalue weighted by molar-refractivity contribution is -0.300. The van der Waals surface area contributed by atoms with Gasteiger partial charge in [-0.25, -0.2) is 0 Å². The third-order valence-electron chi connectivity index (χ3n) is 8.39. The number of Topliss-reactive ketones (excluding diaryl/α,β-unsaturated/α-hetero) is 1. The number of aliphatic hydroxyl groups is 4. The first-order valence-electron chi connectivity index (χ1n) is 9.82. The van der Waals surface area contributed by atoms with Crippen LogP contribution in [0.5, 0.6) is 0 Å². The Balaban J connectivity index is 1.69. The number of rotatable bonds is 2. The van der Waals surface area contributed by atoms with Crippen molar-refractivity contribution >= 4 is 11.6 Å². The van der Waals surface area contributed by atoms with Crippen molar-refractivity contribution in [1.29, 1.82) is 0 Å². The first kappa shape index (κ1) is 19.0. The second-order valence-electron chi connectivity index (χ2n) is 9.42. The number of hydrogen-bond donors (Lipinski definition) is 4. The van der Waals surface area contributed by atoms with Gasteiger partial charge in [0, 0.05) is 10.8 Å². The molecule has 0 spiro atoms. The van der Waals surface area contributed by atoms with Gasteiger partial charge in [-0.05, 0) is 68.4 Å². The molecule has 4 aliphatic rings. The fourth-order valence-electron chi connectivity index (χ4n) is 6.86. The van der Waals surface area contributed by atoms with Gasteiger partial charge in [0.25, 0.3) is 5.78 Å². The Hall–Kier alpha value is -1.34. The van der Waals surface area contributed by atoms with Crippen LogP contribution in [-0.2, 0) is 9.59 Å². The summed E-state index contributed by atoms with van der Waals surface area (Å²) in [5.41, 5.74) is -1.77. The lowest BCUT2D eigenvalue weighted by atomic mass is 9.47. The van der Waals surface area contributed by atoms with E-state index in [2.05, 4.69) is 6.92 Å². The minimum absolute atomic E-state index is 0.0348. The zero-order valence-corrected chi connectivity index (χ0v) is 15.8. The summed E-state index contributed by atoms with van der Waals surface area (Å²) in [5, 5.41) is 39.4. The molecule has 27 heavy (non-hydrogen) atoms. The second kappa shape index (κ2) is 5.60. The Morgan fingerprint density at radius 2 is 1.78 bits per heavy atom. The Bertz CT molecular complexity index is 761. The quantitative estimate of drug-likeness (QED) is 0.539. The van der Waals surface area contributed by atoms with Gasteiger partial charge in [-0.15, -0.1) is 0 Å². The van der Waals surface area contributed by atoms with Crippen LogP contribution in [0.15, 0.2) is 23.8 Å². The standard InChI is InChI=1S/C21H28O6/c1-18-8-5-13(22)11-12(18)3-4-14-15(18)6-9-19(2)16(14)7-10-20(19,24)17(23)21(25,26)27/h5,8,11,14-16,24-27H,3-4,6-7,9-10H2,1-2H3/t14-,15+,16+,18+,19+,20+/m1/s1. The number of carbonyl (C=O) groups excluding carboxylic acids is 2. The van der Waals surface area contributed by atoms with E-state index >= 15 is 0 Å². The maximum Gasteiger partial charge on any atom is 0.342 e. The molecule has 0 heterocycles. The van der Waals surface area contributed by atoms with Gasteiger partial charge in [0.15, 0.2) is 5.78 Å². The maximum atomic E-state index is 12.5. The number of hydrogen-bond acceptors (Lipinski definition) is 6. The molecule has 0 aliphatic heterocycles. The van der Waals surface area contributed by atoms with Crippen molar-refractivity contribution in [3.05, 3.63) is 23.8 Å². The molecule has 0 amide bonds. The van der Waals surface area contributed by atoms with E-state index in [1.165, 1.54) is 5.57 Å². The summed E-state index contributed by atoms with van der Waals surface area (Å²) in [6.07, 6.45) is 9.19. The van der Waals surface area contributed by atoms with Crippen LogP contribution in [0.25, 0.3) is 0 Å². The van der Waals surface area contributed by atoms with Gasteiger partial charge in [0.05, 0.1) is 0 Å². The molecule has 4 rings (SSSR count). The summed E-state index contributed by atoms with van der Waals surface area (Å²) in [6, 6.07) is 0. The van der Waals surface area contributed by atoms with Crippen LogP contribution >= 0.6 is 0 Å². The van der Waals surface area contributed by atoms with Crippen LogP contribution < -0.4 is 0 Å². The molecule has 0 aromatic heterocycles. The predicted octanol–water partition coefficient (Wildman–Crippen LogP) is 1.23. The first-order chi connectivity index (χ1) is 12.4. The van der Waals surface area contributed by atoms with Crippen molar-refractivity contribution in [3.8, 4) is 0 Å². The third-order valence-corrected chi connectivity index (χ3v) is 8.39. The first-order valence-corrected chi connectivity index (χ1v) is 9.82. The number of carbonyl (C=O) groups is 2. The SMILES string of the molecule is C[C@]12C=CC(=O)C=C1CC[C@@H]1[C@@H]2CC[C@@]2(C)[C@H]1CC[C@]2(O)C(=O)C(O)(O)O. The predicted molar refractivity (Wildman–Crippen MR) is 96.0 cm³/mol. The molecule has 0 radical (unpaired) electrons. The Morgan fingerprint density at radius 3 is 2.44 bits per heavy atom. The summed E-state index contributed by atoms with van der Waals surface area (Å²) in [5.74, 6) is -4.16. The van der Waals surface area contributed by atoms with E-state index in [1.54, 1.807) is 12.2 Å². The van der Waals surface area contributed by atoms with Crippen LogP contribution in [0.1, 0.15) is 52.4 Å². The van der Waals surface area contributed by atoms with Crippen molar-refractivity contribution in [1.82, 2.24) is 0 Å². The fraction of sp³-hybridized carbons (Fsp3) is 0.714. The molecule has 3 saturated carbocycles. The third kappa shape index (κ3) is 2.40. The minimum atomic E-state index is -3.52. The topological polar surface area (TPSA) is 115 Å². The summed E-state index contributed by atoms with van der Waals surface area (Å²) in [4.78, 5) is 24.3. The van der Waals surface area contributed by atoms with Crippen molar-refractivity contribution in [2.24, 2.45) is 28.6 Å². The summed E-state index contributed by atoms with van der Waals surface area (Å²) >= 11 is 0. The molecule has 148 valence electrons. The monoisotopic (exact) mass is 376 g/mol. The van der Waals surface area contributed by atoms with Gasteiger partial charge in [-0.2, -0.15) is 0 Å². The molecule has 3 fully saturated rings. The second-order valence-corrected chi connectivity index (χ2v) is 9.42. The van der Waals surface area contributed by atoms with E-state index < -0.39 is 22.8 Å². The van der Waals surface area contributed by atoms with E-state index in [0.29, 0.717) is 18.8 Å². The molecule has 0 saturated heterocycles. The fourth-order valence-corrected chi connectivity index (χ4v) is 6.86. The highest BCUT2D eigenvalue weighted by atomic mass is 16.7. The van der Waals surface area contributed by atoms with Crippen LogP contribution in [0.4, 0.5) is 0 Å². The van der Waals surface area contributed by atoms with Crippen LogP contribution in [-0.4, -0.2) is 43.6 Å². The molecular weight excluding hydrogens is 348 g/mol. The molecule has 0 bridgehead atoms. The highest BCUT2D eigenvalue weighted by molar-refractivity contribution is 6.01. The van der Waals surface area contributed by atoms with Crippen LogP contribution in [0.3, 0.4) is 0 Å². The van der Waals surface area contributed by atoms with Gasteiger partial charge in [0.1, 0.15) is 5.60 Å². The molecule has 6 atom stereocenters. The average Bonchev–Trinajstić information content (AvgIpc) is 2.86. The van der Waals surface area contributed by atoms with Gasteiger partial charge in [-0.1, -0.05) is 25.5 Å². The largest absolute Gasteiger partial charge is 0.381 e. The Labute approximate surface area is 158 Å². The van der Waals surface area contributed by atoms with E-state index in [4.69, 9.17) is 0 Å². The van der Waals surface area contributed by atoms with Gasteiger partial charge in [0.2, 0.25) is 0 Å². The van der Waals surface area contributed by atoms with Gasteiger partial charge < -0.3 is 20.4 Å². The number of ketones is 2. The van der Waals surface area contributed by atoms with Crippen LogP contribution in [0.2, 0.25) is 0 Å². The van der Waals surface area contributed by atoms with E-state index in [9.17, 15) is 30.0 Å². The van der Waals surface area contributed by atoms with Crippen molar-refractivity contribution < 1.29 is 30.0 Å². The Morgan fingerprint density at radius 1 is 1.11 bits per heavy atom. The van der Waals surface area contributed by atoms with E-state index in [-0.39, 0.29) is 29.5 Å². The number of fused-ring (bicyclic) bond motifs is 5. The molecule has 0 aromatic rings. The summed E-state index contributed by atoms with van der Waals surface area (Å²) < 4.78 is 0. The lowest BCUT2D eigenvalue weighted by Crippen LogP contribution is -2.62. The zero-order valence-electron chi connectivity index (χ0n) is 15.8. The van der Waals surface area contributed by atoms with Crippen molar-refractivity contribution in [2.45, 2.75) is 63.9 Å². The lowest BCUT2D eigenvalue weighted by Gasteiger charge is -2.58. The normalized spacial score (nSPS) is 46.4. The summed E-state index contributed by atoms with van der Waals surface area (Å²) in [6.45, 7) is 4.02. The molecule has 0 aromatic carbocycles. The smallest absolute Gasteiger partial charge is 0.342 e. The Kier molecular flexibility index (Phi) is 3.94. The zero-order chi connectivity index (χ0) is 19.8. The molecule has 6 nitrogen and oxygen atoms in total. The van der Waals surface area contributed by atoms with Gasteiger partial charge in [-0.3, -0.25) is 9.59 Å². The molecule has 4 N–H and O–H groups in total. The number of allylic oxidation sites excluding steroid dienone is 4. The molecule has 6 heteroatoms. The van der Waals surface area contributed by atoms with Crippen molar-refractivity contribution in [2.75, 3.05) is 0 Å². The highest BCUT2D eigenvalue weighted by Crippen LogP contribution is 2.67. The molecule has 0 unspecified atom stereocenters. The minimum Gasteiger partial charge on any atom is -0.381 e. The summed E-state index contributed by atoms with van der Waals surface area (Å²) in [7, 11) is 0. The molecular formula is C21H28O6.